The SMILES string of the molecule is N=C(N)c1c(Cl)cccc1Oc1ccc(F)cc1Cl. The first-order valence-corrected chi connectivity index (χ1v) is 6.00. The highest BCUT2D eigenvalue weighted by molar-refractivity contribution is 6.34. The van der Waals surface area contributed by atoms with Gasteiger partial charge in [-0.05, 0) is 30.3 Å². The number of amidine groups is 1. The number of ether oxygens (including phenoxy) is 1. The summed E-state index contributed by atoms with van der Waals surface area (Å²) in [6, 6.07) is 8.60. The van der Waals surface area contributed by atoms with Crippen LogP contribution in [0, 0.1) is 11.2 Å². The van der Waals surface area contributed by atoms with Crippen LogP contribution in [0.1, 0.15) is 5.56 Å². The zero-order valence-electron chi connectivity index (χ0n) is 9.58. The zero-order chi connectivity index (χ0) is 14.0. The van der Waals surface area contributed by atoms with E-state index in [1.165, 1.54) is 12.1 Å². The van der Waals surface area contributed by atoms with E-state index in [1.807, 2.05) is 0 Å². The molecule has 0 atom stereocenters. The number of halogens is 3. The topological polar surface area (TPSA) is 59.1 Å². The average Bonchev–Trinajstić information content (AvgIpc) is 2.32. The molecule has 0 aliphatic heterocycles. The summed E-state index contributed by atoms with van der Waals surface area (Å²) >= 11 is 11.8. The van der Waals surface area contributed by atoms with Gasteiger partial charge in [0.2, 0.25) is 0 Å². The van der Waals surface area contributed by atoms with Crippen LogP contribution in [0.5, 0.6) is 11.5 Å². The maximum absolute atomic E-state index is 12.9. The van der Waals surface area contributed by atoms with Crippen molar-refractivity contribution in [3.05, 3.63) is 57.8 Å². The molecule has 0 bridgehead atoms. The monoisotopic (exact) mass is 298 g/mol. The van der Waals surface area contributed by atoms with Crippen molar-refractivity contribution in [2.24, 2.45) is 5.73 Å². The van der Waals surface area contributed by atoms with E-state index in [2.05, 4.69) is 0 Å². The molecule has 19 heavy (non-hydrogen) atoms. The standard InChI is InChI=1S/C13H9Cl2FN2O/c14-8-2-1-3-11(12(8)13(17)18)19-10-5-4-7(16)6-9(10)15/h1-6H,(H3,17,18). The van der Waals surface area contributed by atoms with E-state index in [-0.39, 0.29) is 27.9 Å². The summed E-state index contributed by atoms with van der Waals surface area (Å²) in [5.41, 5.74) is 5.73. The summed E-state index contributed by atoms with van der Waals surface area (Å²) in [4.78, 5) is 0. The third kappa shape index (κ3) is 2.97. The number of rotatable bonds is 3. The lowest BCUT2D eigenvalue weighted by molar-refractivity contribution is 0.480. The van der Waals surface area contributed by atoms with Gasteiger partial charge in [-0.1, -0.05) is 29.3 Å². The Kier molecular flexibility index (Phi) is 3.93. The molecule has 2 aromatic rings. The highest BCUT2D eigenvalue weighted by atomic mass is 35.5. The Bertz CT molecular complexity index is 647. The number of hydrogen-bond acceptors (Lipinski definition) is 2. The van der Waals surface area contributed by atoms with Crippen molar-refractivity contribution in [2.75, 3.05) is 0 Å². The molecule has 0 radical (unpaired) electrons. The molecule has 2 rings (SSSR count). The van der Waals surface area contributed by atoms with Crippen LogP contribution in [0.3, 0.4) is 0 Å². The first-order chi connectivity index (χ1) is 8.99. The predicted octanol–water partition coefficient (Wildman–Crippen LogP) is 4.21. The number of benzene rings is 2. The molecule has 98 valence electrons. The molecule has 0 heterocycles. The Hall–Kier alpha value is -1.78. The number of hydrogen-bond donors (Lipinski definition) is 2. The molecular weight excluding hydrogens is 290 g/mol. The van der Waals surface area contributed by atoms with Gasteiger partial charge < -0.3 is 10.5 Å². The Morgan fingerprint density at radius 3 is 2.47 bits per heavy atom. The highest BCUT2D eigenvalue weighted by Gasteiger charge is 2.13. The third-order valence-electron chi connectivity index (χ3n) is 2.36. The third-order valence-corrected chi connectivity index (χ3v) is 2.97. The second kappa shape index (κ2) is 5.47. The molecule has 3 nitrogen and oxygen atoms in total. The van der Waals surface area contributed by atoms with E-state index >= 15 is 0 Å². The summed E-state index contributed by atoms with van der Waals surface area (Å²) < 4.78 is 18.5. The summed E-state index contributed by atoms with van der Waals surface area (Å²) in [6.45, 7) is 0. The fourth-order valence-electron chi connectivity index (χ4n) is 1.53. The summed E-state index contributed by atoms with van der Waals surface area (Å²) in [6.07, 6.45) is 0. The van der Waals surface area contributed by atoms with E-state index in [4.69, 9.17) is 39.1 Å². The normalized spacial score (nSPS) is 10.3. The first kappa shape index (κ1) is 13.6. The fourth-order valence-corrected chi connectivity index (χ4v) is 2.00. The van der Waals surface area contributed by atoms with Gasteiger partial charge in [0.15, 0.2) is 0 Å². The van der Waals surface area contributed by atoms with Gasteiger partial charge in [-0.2, -0.15) is 0 Å². The minimum absolute atomic E-state index is 0.120. The van der Waals surface area contributed by atoms with Gasteiger partial charge in [-0.25, -0.2) is 4.39 Å². The van der Waals surface area contributed by atoms with Crippen LogP contribution in [0.2, 0.25) is 10.0 Å². The maximum Gasteiger partial charge on any atom is 0.146 e. The van der Waals surface area contributed by atoms with E-state index in [0.717, 1.165) is 6.07 Å². The van der Waals surface area contributed by atoms with Crippen LogP contribution >= 0.6 is 23.2 Å². The molecule has 6 heteroatoms. The van der Waals surface area contributed by atoms with Crippen molar-refractivity contribution in [1.82, 2.24) is 0 Å². The second-order valence-corrected chi connectivity index (χ2v) is 4.52. The largest absolute Gasteiger partial charge is 0.455 e. The van der Waals surface area contributed by atoms with Crippen molar-refractivity contribution in [3.63, 3.8) is 0 Å². The molecule has 0 amide bonds. The molecule has 2 aromatic carbocycles. The number of nitrogens with one attached hydrogen (secondary N) is 1. The predicted molar refractivity (Wildman–Crippen MR) is 74.0 cm³/mol. The number of nitrogens with two attached hydrogens (primary N) is 1. The average molecular weight is 299 g/mol. The molecule has 0 aliphatic carbocycles. The fraction of sp³-hybridized carbons (Fsp3) is 0. The number of nitrogen functional groups attached to an aromatic ring is 1. The lowest BCUT2D eigenvalue weighted by atomic mass is 10.2. The van der Waals surface area contributed by atoms with Crippen LogP contribution in [-0.4, -0.2) is 5.84 Å². The van der Waals surface area contributed by atoms with Gasteiger partial charge in [0.05, 0.1) is 15.6 Å². The molecule has 3 N–H and O–H groups in total. The van der Waals surface area contributed by atoms with E-state index in [9.17, 15) is 4.39 Å². The van der Waals surface area contributed by atoms with Crippen LogP contribution in [0.25, 0.3) is 0 Å². The van der Waals surface area contributed by atoms with Gasteiger partial charge in [0.1, 0.15) is 23.2 Å². The molecule has 0 saturated heterocycles. The lowest BCUT2D eigenvalue weighted by Gasteiger charge is -2.12. The lowest BCUT2D eigenvalue weighted by Crippen LogP contribution is -2.13. The van der Waals surface area contributed by atoms with Crippen molar-refractivity contribution in [1.29, 1.82) is 5.41 Å². The van der Waals surface area contributed by atoms with E-state index < -0.39 is 5.82 Å². The van der Waals surface area contributed by atoms with Crippen LogP contribution in [0.4, 0.5) is 4.39 Å². The van der Waals surface area contributed by atoms with Gasteiger partial charge in [0, 0.05) is 0 Å². The molecule has 0 saturated carbocycles. The van der Waals surface area contributed by atoms with Crippen LogP contribution in [-0.2, 0) is 0 Å². The van der Waals surface area contributed by atoms with Gasteiger partial charge in [0.25, 0.3) is 0 Å². The second-order valence-electron chi connectivity index (χ2n) is 3.70. The smallest absolute Gasteiger partial charge is 0.146 e. The van der Waals surface area contributed by atoms with Crippen LogP contribution in [0.15, 0.2) is 36.4 Å². The quantitative estimate of drug-likeness (QED) is 0.659. The van der Waals surface area contributed by atoms with Crippen molar-refractivity contribution in [3.8, 4) is 11.5 Å². The van der Waals surface area contributed by atoms with E-state index in [1.54, 1.807) is 18.2 Å². The molecule has 0 spiro atoms. The Morgan fingerprint density at radius 2 is 1.84 bits per heavy atom. The minimum atomic E-state index is -0.463. The molecule has 0 aliphatic rings. The molecule has 0 aromatic heterocycles. The van der Waals surface area contributed by atoms with Gasteiger partial charge in [-0.3, -0.25) is 5.41 Å². The first-order valence-electron chi connectivity index (χ1n) is 5.25. The Balaban J connectivity index is 2.44. The van der Waals surface area contributed by atoms with Crippen molar-refractivity contribution < 1.29 is 9.13 Å². The summed E-state index contributed by atoms with van der Waals surface area (Å²) in [5.74, 6) is -0.143. The minimum Gasteiger partial charge on any atom is -0.455 e. The molecule has 0 fully saturated rings. The zero-order valence-corrected chi connectivity index (χ0v) is 11.1. The van der Waals surface area contributed by atoms with E-state index in [0.29, 0.717) is 5.02 Å². The maximum atomic E-state index is 12.9. The van der Waals surface area contributed by atoms with Crippen molar-refractivity contribution in [2.45, 2.75) is 0 Å². The summed E-state index contributed by atoms with van der Waals surface area (Å²) in [5, 5.41) is 7.91. The van der Waals surface area contributed by atoms with Gasteiger partial charge in [-0.15, -0.1) is 0 Å². The Morgan fingerprint density at radius 1 is 1.11 bits per heavy atom. The van der Waals surface area contributed by atoms with Crippen LogP contribution < -0.4 is 10.5 Å². The summed E-state index contributed by atoms with van der Waals surface area (Å²) in [7, 11) is 0. The molecule has 0 unspecified atom stereocenters. The highest BCUT2D eigenvalue weighted by Crippen LogP contribution is 2.34. The van der Waals surface area contributed by atoms with Gasteiger partial charge >= 0.3 is 0 Å². The van der Waals surface area contributed by atoms with Crippen molar-refractivity contribution >= 4 is 29.0 Å². The molecular formula is C13H9Cl2FN2O. The Labute approximate surface area is 119 Å².